The van der Waals surface area contributed by atoms with Crippen LogP contribution >= 0.6 is 0 Å². The predicted molar refractivity (Wildman–Crippen MR) is 59.6 cm³/mol. The largest absolute Gasteiger partial charge is 0.348 e. The number of hydrogen-bond acceptors (Lipinski definition) is 3. The Kier molecular flexibility index (Phi) is 3.55. The van der Waals surface area contributed by atoms with Gasteiger partial charge >= 0.3 is 0 Å². The maximum atomic E-state index is 8.69. The Hall–Kier alpha value is -1.37. The molecule has 1 aromatic rings. The van der Waals surface area contributed by atoms with Crippen LogP contribution in [-0.4, -0.2) is 13.2 Å². The van der Waals surface area contributed by atoms with Crippen molar-refractivity contribution in [1.29, 1.82) is 5.26 Å². The van der Waals surface area contributed by atoms with Crippen LogP contribution in [0.4, 0.5) is 0 Å². The van der Waals surface area contributed by atoms with E-state index in [-0.39, 0.29) is 6.29 Å². The average Bonchev–Trinajstić information content (AvgIpc) is 2.39. The maximum Gasteiger partial charge on any atom is 0.183 e. The second-order valence-corrected chi connectivity index (χ2v) is 4.01. The van der Waals surface area contributed by atoms with E-state index in [4.69, 9.17) is 14.7 Å². The molecule has 0 saturated carbocycles. The van der Waals surface area contributed by atoms with E-state index in [0.717, 1.165) is 25.2 Å². The first-order valence-corrected chi connectivity index (χ1v) is 5.56. The van der Waals surface area contributed by atoms with Crippen molar-refractivity contribution in [2.75, 3.05) is 13.2 Å². The summed E-state index contributed by atoms with van der Waals surface area (Å²) in [6.07, 6.45) is 0.815. The van der Waals surface area contributed by atoms with E-state index in [9.17, 15) is 0 Å². The van der Waals surface area contributed by atoms with Crippen molar-refractivity contribution < 1.29 is 9.47 Å². The van der Waals surface area contributed by atoms with Crippen LogP contribution in [0.1, 0.15) is 30.8 Å². The minimum Gasteiger partial charge on any atom is -0.348 e. The Balaban J connectivity index is 2.00. The molecule has 0 atom stereocenters. The molecule has 1 aliphatic rings. The molecule has 0 aromatic heterocycles. The summed E-state index contributed by atoms with van der Waals surface area (Å²) in [5.41, 5.74) is 1.64. The minimum absolute atomic E-state index is 0.268. The molecule has 1 aliphatic heterocycles. The lowest BCUT2D eigenvalue weighted by atomic mass is 10.1. The highest BCUT2D eigenvalue weighted by atomic mass is 16.7. The van der Waals surface area contributed by atoms with Crippen molar-refractivity contribution in [3.05, 3.63) is 35.4 Å². The zero-order valence-corrected chi connectivity index (χ0v) is 9.35. The summed E-state index contributed by atoms with van der Waals surface area (Å²) in [5, 5.41) is 8.69. The van der Waals surface area contributed by atoms with Gasteiger partial charge in [0.05, 0.1) is 24.8 Å². The summed E-state index contributed by atoms with van der Waals surface area (Å²) < 4.78 is 11.3. The van der Waals surface area contributed by atoms with Crippen LogP contribution in [0.3, 0.4) is 0 Å². The zero-order chi connectivity index (χ0) is 11.4. The topological polar surface area (TPSA) is 42.2 Å². The van der Waals surface area contributed by atoms with Crippen LogP contribution < -0.4 is 0 Å². The van der Waals surface area contributed by atoms with E-state index in [1.165, 1.54) is 0 Å². The standard InChI is InChI=1S/C13H15NO2/c1-2-10-8-15-13(16-9-10)12-5-3-11(7-14)4-6-12/h3-6,10,13H,2,8-9H2,1H3. The van der Waals surface area contributed by atoms with Crippen LogP contribution in [0.5, 0.6) is 0 Å². The molecule has 0 aliphatic carbocycles. The molecule has 0 unspecified atom stereocenters. The summed E-state index contributed by atoms with van der Waals surface area (Å²) in [4.78, 5) is 0. The lowest BCUT2D eigenvalue weighted by molar-refractivity contribution is -0.205. The number of ether oxygens (including phenoxy) is 2. The van der Waals surface area contributed by atoms with Crippen molar-refractivity contribution in [3.63, 3.8) is 0 Å². The van der Waals surface area contributed by atoms with Crippen molar-refractivity contribution in [2.45, 2.75) is 19.6 Å². The fourth-order valence-electron chi connectivity index (χ4n) is 1.69. The first-order chi connectivity index (χ1) is 7.83. The molecular formula is C13H15NO2. The first-order valence-electron chi connectivity index (χ1n) is 5.56. The smallest absolute Gasteiger partial charge is 0.183 e. The van der Waals surface area contributed by atoms with Crippen LogP contribution in [-0.2, 0) is 9.47 Å². The molecule has 1 saturated heterocycles. The number of nitriles is 1. The van der Waals surface area contributed by atoms with E-state index in [1.807, 2.05) is 12.1 Å². The highest BCUT2D eigenvalue weighted by Crippen LogP contribution is 2.26. The van der Waals surface area contributed by atoms with Gasteiger partial charge in [-0.1, -0.05) is 19.1 Å². The molecule has 0 radical (unpaired) electrons. The first kappa shape index (κ1) is 11.1. The van der Waals surface area contributed by atoms with Crippen molar-refractivity contribution in [2.24, 2.45) is 5.92 Å². The number of rotatable bonds is 2. The zero-order valence-electron chi connectivity index (χ0n) is 9.35. The van der Waals surface area contributed by atoms with Crippen LogP contribution in [0, 0.1) is 17.2 Å². The number of hydrogen-bond donors (Lipinski definition) is 0. The Morgan fingerprint density at radius 1 is 1.25 bits per heavy atom. The van der Waals surface area contributed by atoms with E-state index < -0.39 is 0 Å². The van der Waals surface area contributed by atoms with Crippen LogP contribution in [0.25, 0.3) is 0 Å². The van der Waals surface area contributed by atoms with Gasteiger partial charge in [-0.15, -0.1) is 0 Å². The normalized spacial score (nSPS) is 25.0. The van der Waals surface area contributed by atoms with Gasteiger partial charge in [0.15, 0.2) is 6.29 Å². The summed E-state index contributed by atoms with van der Waals surface area (Å²) >= 11 is 0. The molecule has 1 heterocycles. The summed E-state index contributed by atoms with van der Waals surface area (Å²) in [6, 6.07) is 9.43. The van der Waals surface area contributed by atoms with E-state index in [1.54, 1.807) is 12.1 Å². The Morgan fingerprint density at radius 3 is 2.38 bits per heavy atom. The second kappa shape index (κ2) is 5.11. The van der Waals surface area contributed by atoms with Gasteiger partial charge in [0, 0.05) is 11.5 Å². The minimum atomic E-state index is -0.268. The molecule has 0 bridgehead atoms. The van der Waals surface area contributed by atoms with Gasteiger partial charge in [0.25, 0.3) is 0 Å². The summed E-state index contributed by atoms with van der Waals surface area (Å²) in [6.45, 7) is 3.64. The Labute approximate surface area is 95.6 Å². The fraction of sp³-hybridized carbons (Fsp3) is 0.462. The van der Waals surface area contributed by atoms with E-state index >= 15 is 0 Å². The highest BCUT2D eigenvalue weighted by molar-refractivity contribution is 5.32. The molecule has 16 heavy (non-hydrogen) atoms. The fourth-order valence-corrected chi connectivity index (χ4v) is 1.69. The van der Waals surface area contributed by atoms with Gasteiger partial charge < -0.3 is 9.47 Å². The molecule has 0 amide bonds. The summed E-state index contributed by atoms with van der Waals surface area (Å²) in [7, 11) is 0. The average molecular weight is 217 g/mol. The molecule has 84 valence electrons. The summed E-state index contributed by atoms with van der Waals surface area (Å²) in [5.74, 6) is 0.509. The third-order valence-electron chi connectivity index (χ3n) is 2.86. The van der Waals surface area contributed by atoms with Gasteiger partial charge in [-0.25, -0.2) is 0 Å². The maximum absolute atomic E-state index is 8.69. The van der Waals surface area contributed by atoms with Gasteiger partial charge in [-0.3, -0.25) is 0 Å². The van der Waals surface area contributed by atoms with Crippen molar-refractivity contribution in [1.82, 2.24) is 0 Å². The second-order valence-electron chi connectivity index (χ2n) is 4.01. The molecule has 2 rings (SSSR count). The van der Waals surface area contributed by atoms with Gasteiger partial charge in [0.1, 0.15) is 0 Å². The lowest BCUT2D eigenvalue weighted by Gasteiger charge is -2.28. The van der Waals surface area contributed by atoms with Crippen LogP contribution in [0.2, 0.25) is 0 Å². The third-order valence-corrected chi connectivity index (χ3v) is 2.86. The van der Waals surface area contributed by atoms with Crippen molar-refractivity contribution >= 4 is 0 Å². The molecule has 3 heteroatoms. The molecule has 3 nitrogen and oxygen atoms in total. The quantitative estimate of drug-likeness (QED) is 0.764. The molecule has 0 N–H and O–H groups in total. The lowest BCUT2D eigenvalue weighted by Crippen LogP contribution is -2.26. The third kappa shape index (κ3) is 2.41. The molecule has 1 aromatic carbocycles. The van der Waals surface area contributed by atoms with E-state index in [0.29, 0.717) is 11.5 Å². The molecule has 0 spiro atoms. The molecular weight excluding hydrogens is 202 g/mol. The number of benzene rings is 1. The van der Waals surface area contributed by atoms with Gasteiger partial charge in [-0.2, -0.15) is 5.26 Å². The Morgan fingerprint density at radius 2 is 1.88 bits per heavy atom. The SMILES string of the molecule is CCC1COC(c2ccc(C#N)cc2)OC1. The van der Waals surface area contributed by atoms with Crippen LogP contribution in [0.15, 0.2) is 24.3 Å². The predicted octanol–water partition coefficient (Wildman–Crippen LogP) is 2.63. The highest BCUT2D eigenvalue weighted by Gasteiger charge is 2.22. The number of nitrogens with zero attached hydrogens (tertiary/aromatic N) is 1. The Bertz CT molecular complexity index is 372. The van der Waals surface area contributed by atoms with E-state index in [2.05, 4.69) is 13.0 Å². The van der Waals surface area contributed by atoms with Crippen molar-refractivity contribution in [3.8, 4) is 6.07 Å². The van der Waals surface area contributed by atoms with Gasteiger partial charge in [0.2, 0.25) is 0 Å². The monoisotopic (exact) mass is 217 g/mol. The molecule has 1 fully saturated rings. The van der Waals surface area contributed by atoms with Gasteiger partial charge in [-0.05, 0) is 18.6 Å².